The third-order valence-electron chi connectivity index (χ3n) is 5.60. The zero-order chi connectivity index (χ0) is 23.2. The van der Waals surface area contributed by atoms with E-state index < -0.39 is 10.0 Å². The molecule has 2 heterocycles. The lowest BCUT2D eigenvalue weighted by molar-refractivity contribution is 0.0973. The van der Waals surface area contributed by atoms with Gasteiger partial charge in [0, 0.05) is 11.1 Å². The van der Waals surface area contributed by atoms with Crippen molar-refractivity contribution in [2.45, 2.75) is 18.4 Å². The Morgan fingerprint density at radius 1 is 1.03 bits per heavy atom. The maximum absolute atomic E-state index is 13.1. The van der Waals surface area contributed by atoms with Crippen LogP contribution in [0.3, 0.4) is 0 Å². The molecule has 1 aliphatic rings. The molecular weight excluding hydrogens is 436 g/mol. The topological polar surface area (TPSA) is 105 Å². The average Bonchev–Trinajstić information content (AvgIpc) is 3.30. The summed E-state index contributed by atoms with van der Waals surface area (Å²) in [4.78, 5) is 17.8. The number of Topliss-reactive ketones (excluding diaryl/α,β-unsaturated/α-hetero) is 1. The van der Waals surface area contributed by atoms with Crippen molar-refractivity contribution in [3.8, 4) is 6.07 Å². The Hall–Kier alpha value is -4.22. The highest BCUT2D eigenvalue weighted by molar-refractivity contribution is 7.90. The van der Waals surface area contributed by atoms with Gasteiger partial charge in [0.25, 0.3) is 10.0 Å². The molecule has 0 aliphatic carbocycles. The number of allylic oxidation sites excluding steroid dienone is 1. The van der Waals surface area contributed by atoms with Crippen molar-refractivity contribution >= 4 is 38.1 Å². The van der Waals surface area contributed by atoms with Crippen LogP contribution < -0.4 is 4.72 Å². The van der Waals surface area contributed by atoms with Gasteiger partial charge in [-0.1, -0.05) is 60.2 Å². The van der Waals surface area contributed by atoms with E-state index in [1.165, 1.54) is 6.07 Å². The highest BCUT2D eigenvalue weighted by atomic mass is 32.2. The minimum Gasteiger partial charge on any atom is -0.315 e. The van der Waals surface area contributed by atoms with E-state index in [4.69, 9.17) is 0 Å². The zero-order valence-corrected chi connectivity index (χ0v) is 18.4. The van der Waals surface area contributed by atoms with E-state index in [1.54, 1.807) is 41.0 Å². The molecular formula is C25H18N4O3S. The summed E-state index contributed by atoms with van der Waals surface area (Å²) in [6, 6.07) is 23.1. The molecule has 33 heavy (non-hydrogen) atoms. The standard InChI is InChI=1S/C25H18N4O3S/c1-16-10-12-17(13-11-16)22(30)15-29-21-8-4-3-7-20(21)27-25(29)19(14-26)24-18-6-2-5-9-23(18)33(31,32)28-24/h2-13,28H,15H2,1H3/b24-19-. The third-order valence-corrected chi connectivity index (χ3v) is 7.01. The Morgan fingerprint density at radius 2 is 1.73 bits per heavy atom. The Bertz CT molecular complexity index is 1610. The van der Waals surface area contributed by atoms with Crippen LogP contribution in [0.1, 0.15) is 27.3 Å². The van der Waals surface area contributed by atoms with Crippen LogP contribution in [0.25, 0.3) is 22.3 Å². The van der Waals surface area contributed by atoms with E-state index >= 15 is 0 Å². The molecule has 0 spiro atoms. The number of para-hydroxylation sites is 2. The highest BCUT2D eigenvalue weighted by Crippen LogP contribution is 2.35. The molecule has 8 heteroatoms. The third kappa shape index (κ3) is 3.49. The van der Waals surface area contributed by atoms with Crippen molar-refractivity contribution in [2.75, 3.05) is 0 Å². The summed E-state index contributed by atoms with van der Waals surface area (Å²) in [7, 11) is -3.79. The summed E-state index contributed by atoms with van der Waals surface area (Å²) in [5.74, 6) is 0.0858. The van der Waals surface area contributed by atoms with E-state index in [-0.39, 0.29) is 34.3 Å². The Morgan fingerprint density at radius 3 is 2.48 bits per heavy atom. The second-order valence-electron chi connectivity index (χ2n) is 7.76. The maximum atomic E-state index is 13.1. The monoisotopic (exact) mass is 454 g/mol. The first-order valence-corrected chi connectivity index (χ1v) is 11.7. The molecule has 0 saturated heterocycles. The van der Waals surface area contributed by atoms with Gasteiger partial charge in [-0.25, -0.2) is 13.4 Å². The van der Waals surface area contributed by atoms with E-state index in [0.29, 0.717) is 22.2 Å². The molecule has 1 aliphatic heterocycles. The van der Waals surface area contributed by atoms with Gasteiger partial charge in [-0.05, 0) is 25.1 Å². The molecule has 162 valence electrons. The molecule has 0 bridgehead atoms. The number of hydrogen-bond acceptors (Lipinski definition) is 5. The van der Waals surface area contributed by atoms with Gasteiger partial charge in [0.1, 0.15) is 11.6 Å². The van der Waals surface area contributed by atoms with Crippen LogP contribution in [0.5, 0.6) is 0 Å². The highest BCUT2D eigenvalue weighted by Gasteiger charge is 2.33. The Kier molecular flexibility index (Phi) is 4.84. The van der Waals surface area contributed by atoms with Gasteiger partial charge in [-0.3, -0.25) is 9.52 Å². The molecule has 7 nitrogen and oxygen atoms in total. The minimum atomic E-state index is -3.79. The van der Waals surface area contributed by atoms with Crippen LogP contribution in [0.15, 0.2) is 77.7 Å². The van der Waals surface area contributed by atoms with Gasteiger partial charge in [-0.15, -0.1) is 0 Å². The fourth-order valence-electron chi connectivity index (χ4n) is 3.96. The zero-order valence-electron chi connectivity index (χ0n) is 17.6. The number of fused-ring (bicyclic) bond motifs is 2. The van der Waals surface area contributed by atoms with Gasteiger partial charge in [-0.2, -0.15) is 5.26 Å². The van der Waals surface area contributed by atoms with Crippen molar-refractivity contribution in [1.82, 2.24) is 14.3 Å². The molecule has 0 fully saturated rings. The number of nitriles is 1. The van der Waals surface area contributed by atoms with Gasteiger partial charge >= 0.3 is 0 Å². The number of benzene rings is 3. The van der Waals surface area contributed by atoms with Crippen molar-refractivity contribution in [3.05, 3.63) is 95.3 Å². The summed E-state index contributed by atoms with van der Waals surface area (Å²) >= 11 is 0. The molecule has 0 saturated carbocycles. The lowest BCUT2D eigenvalue weighted by Gasteiger charge is -2.10. The van der Waals surface area contributed by atoms with Crippen molar-refractivity contribution in [3.63, 3.8) is 0 Å². The molecule has 4 aromatic rings. The van der Waals surface area contributed by atoms with Crippen molar-refractivity contribution in [2.24, 2.45) is 0 Å². The van der Waals surface area contributed by atoms with Crippen LogP contribution >= 0.6 is 0 Å². The lowest BCUT2D eigenvalue weighted by Crippen LogP contribution is -2.17. The Labute approximate surface area is 190 Å². The summed E-state index contributed by atoms with van der Waals surface area (Å²) in [5.41, 5.74) is 3.48. The molecule has 5 rings (SSSR count). The second-order valence-corrected chi connectivity index (χ2v) is 9.41. The second kappa shape index (κ2) is 7.73. The van der Waals surface area contributed by atoms with Gasteiger partial charge < -0.3 is 4.57 Å². The number of nitrogens with one attached hydrogen (secondary N) is 1. The molecule has 1 N–H and O–H groups in total. The predicted molar refractivity (Wildman–Crippen MR) is 124 cm³/mol. The number of sulfonamides is 1. The predicted octanol–water partition coefficient (Wildman–Crippen LogP) is 3.91. The van der Waals surface area contributed by atoms with Crippen LogP contribution in [0.4, 0.5) is 0 Å². The number of hydrogen-bond donors (Lipinski definition) is 1. The normalized spacial score (nSPS) is 15.5. The molecule has 3 aromatic carbocycles. The number of aromatic nitrogens is 2. The number of ketones is 1. The first-order chi connectivity index (χ1) is 15.9. The SMILES string of the molecule is Cc1ccc(C(=O)Cn2c(/C(C#N)=C3\NS(=O)(=O)c4ccccc43)nc3ccccc32)cc1. The molecule has 0 atom stereocenters. The van der Waals surface area contributed by atoms with Gasteiger partial charge in [0.15, 0.2) is 11.6 Å². The fourth-order valence-corrected chi connectivity index (χ4v) is 5.26. The largest absolute Gasteiger partial charge is 0.315 e. The van der Waals surface area contributed by atoms with Crippen molar-refractivity contribution < 1.29 is 13.2 Å². The number of carbonyl (C=O) groups excluding carboxylic acids is 1. The first-order valence-electron chi connectivity index (χ1n) is 10.2. The van der Waals surface area contributed by atoms with Gasteiger partial charge in [0.2, 0.25) is 0 Å². The average molecular weight is 455 g/mol. The molecule has 0 amide bonds. The van der Waals surface area contributed by atoms with Crippen LogP contribution in [-0.2, 0) is 16.6 Å². The lowest BCUT2D eigenvalue weighted by atomic mass is 10.1. The maximum Gasteiger partial charge on any atom is 0.262 e. The smallest absolute Gasteiger partial charge is 0.262 e. The fraction of sp³-hybridized carbons (Fsp3) is 0.0800. The Balaban J connectivity index is 1.71. The number of aryl methyl sites for hydroxylation is 1. The number of carbonyl (C=O) groups is 1. The first kappa shape index (κ1) is 20.7. The molecule has 0 unspecified atom stereocenters. The molecule has 1 aromatic heterocycles. The summed E-state index contributed by atoms with van der Waals surface area (Å²) in [5, 5.41) is 10.1. The van der Waals surface area contributed by atoms with Gasteiger partial charge in [0.05, 0.1) is 28.2 Å². The number of nitrogens with zero attached hydrogens (tertiary/aromatic N) is 3. The van der Waals surface area contributed by atoms with E-state index in [9.17, 15) is 18.5 Å². The number of imidazole rings is 1. The number of rotatable bonds is 4. The van der Waals surface area contributed by atoms with Crippen LogP contribution in [0.2, 0.25) is 0 Å². The van der Waals surface area contributed by atoms with E-state index in [2.05, 4.69) is 15.8 Å². The minimum absolute atomic E-state index is 0.0498. The van der Waals surface area contributed by atoms with Crippen LogP contribution in [-0.4, -0.2) is 23.8 Å². The van der Waals surface area contributed by atoms with Crippen LogP contribution in [0, 0.1) is 18.3 Å². The molecule has 0 radical (unpaired) electrons. The van der Waals surface area contributed by atoms with Crippen molar-refractivity contribution in [1.29, 1.82) is 5.26 Å². The van der Waals surface area contributed by atoms with E-state index in [0.717, 1.165) is 5.56 Å². The summed E-state index contributed by atoms with van der Waals surface area (Å²) in [6.07, 6.45) is 0. The van der Waals surface area contributed by atoms with E-state index in [1.807, 2.05) is 37.3 Å². The summed E-state index contributed by atoms with van der Waals surface area (Å²) < 4.78 is 29.4. The summed E-state index contributed by atoms with van der Waals surface area (Å²) in [6.45, 7) is 1.90. The quantitative estimate of drug-likeness (QED) is 0.372.